The zero-order valence-corrected chi connectivity index (χ0v) is 19.7. The fourth-order valence-electron chi connectivity index (χ4n) is 4.24. The number of amides is 1. The third-order valence-electron chi connectivity index (χ3n) is 5.98. The summed E-state index contributed by atoms with van der Waals surface area (Å²) >= 11 is 0. The molecule has 0 saturated heterocycles. The van der Waals surface area contributed by atoms with E-state index in [4.69, 9.17) is 9.47 Å². The van der Waals surface area contributed by atoms with Crippen LogP contribution in [0.5, 0.6) is 5.75 Å². The minimum atomic E-state index is -0.849. The Balaban J connectivity index is 1.88. The van der Waals surface area contributed by atoms with Crippen molar-refractivity contribution in [1.82, 2.24) is 9.88 Å². The zero-order chi connectivity index (χ0) is 23.5. The van der Waals surface area contributed by atoms with E-state index in [2.05, 4.69) is 4.98 Å². The van der Waals surface area contributed by atoms with Crippen LogP contribution in [-0.4, -0.2) is 52.8 Å². The van der Waals surface area contributed by atoms with Crippen LogP contribution in [0.3, 0.4) is 0 Å². The van der Waals surface area contributed by atoms with Crippen LogP contribution in [0.4, 0.5) is 0 Å². The van der Waals surface area contributed by atoms with E-state index < -0.39 is 29.3 Å². The topological polar surface area (TPSA) is 88.7 Å². The lowest BCUT2D eigenvalue weighted by Gasteiger charge is -2.34. The molecular weight excluding hydrogens is 408 g/mol. The molecule has 1 fully saturated rings. The zero-order valence-electron chi connectivity index (χ0n) is 19.7. The number of nitrogens with zero attached hydrogens (tertiary/aromatic N) is 1. The third kappa shape index (κ3) is 5.50. The Labute approximate surface area is 189 Å². The number of aromatic amines is 1. The number of fused-ring (bicyclic) bond motifs is 1. The highest BCUT2D eigenvalue weighted by atomic mass is 16.6. The van der Waals surface area contributed by atoms with Gasteiger partial charge in [-0.3, -0.25) is 9.59 Å². The average Bonchev–Trinajstić information content (AvgIpc) is 3.18. The lowest BCUT2D eigenvalue weighted by molar-refractivity contribution is -0.163. The predicted molar refractivity (Wildman–Crippen MR) is 123 cm³/mol. The van der Waals surface area contributed by atoms with E-state index in [-0.39, 0.29) is 11.5 Å². The van der Waals surface area contributed by atoms with Gasteiger partial charge in [0.25, 0.3) is 11.7 Å². The van der Waals surface area contributed by atoms with Crippen LogP contribution in [0.1, 0.15) is 70.2 Å². The van der Waals surface area contributed by atoms with Crippen LogP contribution in [0, 0.1) is 5.92 Å². The summed E-state index contributed by atoms with van der Waals surface area (Å²) in [7, 11) is 1.57. The van der Waals surface area contributed by atoms with E-state index in [1.165, 1.54) is 11.3 Å². The molecule has 1 aromatic heterocycles. The number of Topliss-reactive ketones (excluding diaryl/α,β-unsaturated/α-hetero) is 1. The summed E-state index contributed by atoms with van der Waals surface area (Å²) in [6.45, 7) is 7.38. The first-order chi connectivity index (χ1) is 15.1. The van der Waals surface area contributed by atoms with Gasteiger partial charge in [-0.05, 0) is 58.6 Å². The number of H-pyrrole nitrogens is 1. The fourth-order valence-corrected chi connectivity index (χ4v) is 4.24. The van der Waals surface area contributed by atoms with Crippen molar-refractivity contribution in [3.05, 3.63) is 30.0 Å². The van der Waals surface area contributed by atoms with Crippen molar-refractivity contribution in [2.45, 2.75) is 71.4 Å². The van der Waals surface area contributed by atoms with Crippen LogP contribution in [0.15, 0.2) is 24.4 Å². The molecule has 1 atom stereocenters. The van der Waals surface area contributed by atoms with Gasteiger partial charge in [0.15, 0.2) is 0 Å². The molecule has 1 aliphatic carbocycles. The highest BCUT2D eigenvalue weighted by molar-refractivity contribution is 6.45. The number of hydrogen-bond acceptors (Lipinski definition) is 5. The first-order valence-corrected chi connectivity index (χ1v) is 11.3. The minimum Gasteiger partial charge on any atom is -0.497 e. The molecule has 7 nitrogen and oxygen atoms in total. The van der Waals surface area contributed by atoms with Crippen molar-refractivity contribution in [2.75, 3.05) is 13.7 Å². The van der Waals surface area contributed by atoms with Gasteiger partial charge < -0.3 is 19.4 Å². The van der Waals surface area contributed by atoms with Crippen molar-refractivity contribution < 1.29 is 23.9 Å². The second-order valence-electron chi connectivity index (χ2n) is 9.61. The lowest BCUT2D eigenvalue weighted by Crippen LogP contribution is -2.50. The number of aromatic nitrogens is 1. The molecule has 3 rings (SSSR count). The smallest absolute Gasteiger partial charge is 0.329 e. The average molecular weight is 443 g/mol. The molecule has 0 radical (unpaired) electrons. The molecule has 7 heteroatoms. The van der Waals surface area contributed by atoms with Crippen LogP contribution in [-0.2, 0) is 14.3 Å². The van der Waals surface area contributed by atoms with Crippen molar-refractivity contribution >= 4 is 28.6 Å². The number of hydrogen-bond donors (Lipinski definition) is 1. The van der Waals surface area contributed by atoms with Gasteiger partial charge in [-0.15, -0.1) is 0 Å². The summed E-state index contributed by atoms with van der Waals surface area (Å²) in [4.78, 5) is 43.9. The monoisotopic (exact) mass is 442 g/mol. The van der Waals surface area contributed by atoms with E-state index >= 15 is 0 Å². The van der Waals surface area contributed by atoms with Crippen LogP contribution in [0.25, 0.3) is 10.9 Å². The Hall–Kier alpha value is -2.83. The van der Waals surface area contributed by atoms with E-state index in [1.807, 2.05) is 0 Å². The van der Waals surface area contributed by atoms with Crippen molar-refractivity contribution in [3.63, 3.8) is 0 Å². The van der Waals surface area contributed by atoms with Gasteiger partial charge in [-0.25, -0.2) is 4.79 Å². The molecule has 32 heavy (non-hydrogen) atoms. The molecule has 0 bridgehead atoms. The van der Waals surface area contributed by atoms with Gasteiger partial charge in [0.1, 0.15) is 17.4 Å². The van der Waals surface area contributed by atoms with E-state index in [9.17, 15) is 14.4 Å². The fraction of sp³-hybridized carbons (Fsp3) is 0.560. The van der Waals surface area contributed by atoms with Crippen LogP contribution >= 0.6 is 0 Å². The van der Waals surface area contributed by atoms with Crippen LogP contribution in [0.2, 0.25) is 0 Å². The van der Waals surface area contributed by atoms with Gasteiger partial charge in [0, 0.05) is 29.7 Å². The Morgan fingerprint density at radius 3 is 2.47 bits per heavy atom. The molecule has 1 amide bonds. The lowest BCUT2D eigenvalue weighted by atomic mass is 9.88. The molecule has 1 aromatic carbocycles. The number of nitrogens with one attached hydrogen (secondary N) is 1. The number of methoxy groups -OCH3 is 1. The summed E-state index contributed by atoms with van der Waals surface area (Å²) in [5.74, 6) is -0.879. The van der Waals surface area contributed by atoms with Gasteiger partial charge in [-0.1, -0.05) is 19.3 Å². The molecule has 174 valence electrons. The number of carbonyl (C=O) groups is 3. The molecular formula is C25H34N2O5. The minimum absolute atomic E-state index is 0.276. The second kappa shape index (κ2) is 9.76. The molecule has 2 aromatic rings. The van der Waals surface area contributed by atoms with Gasteiger partial charge in [0.2, 0.25) is 0 Å². The largest absolute Gasteiger partial charge is 0.497 e. The molecule has 1 aliphatic rings. The van der Waals surface area contributed by atoms with E-state index in [1.54, 1.807) is 59.2 Å². The van der Waals surface area contributed by atoms with Gasteiger partial charge >= 0.3 is 5.97 Å². The normalized spacial score (nSPS) is 15.9. The summed E-state index contributed by atoms with van der Waals surface area (Å²) < 4.78 is 10.8. The Bertz CT molecular complexity index is 982. The molecule has 1 N–H and O–H groups in total. The number of benzene rings is 1. The predicted octanol–water partition coefficient (Wildman–Crippen LogP) is 4.50. The quantitative estimate of drug-likeness (QED) is 0.387. The van der Waals surface area contributed by atoms with Gasteiger partial charge in [-0.2, -0.15) is 0 Å². The highest BCUT2D eigenvalue weighted by Gasteiger charge is 2.35. The summed E-state index contributed by atoms with van der Waals surface area (Å²) in [5.41, 5.74) is 0.322. The van der Waals surface area contributed by atoms with Crippen molar-refractivity contribution in [1.29, 1.82) is 0 Å². The maximum Gasteiger partial charge on any atom is 0.329 e. The maximum absolute atomic E-state index is 13.4. The molecule has 0 spiro atoms. The molecule has 0 aliphatic heterocycles. The molecule has 1 saturated carbocycles. The van der Waals surface area contributed by atoms with Crippen molar-refractivity contribution in [3.8, 4) is 5.75 Å². The van der Waals surface area contributed by atoms with Crippen molar-refractivity contribution in [2.24, 2.45) is 5.92 Å². The summed E-state index contributed by atoms with van der Waals surface area (Å²) in [6.07, 6.45) is 6.92. The number of esters is 1. The SMILES string of the molecule is COc1ccc2c(C(=O)C(=O)N(CC3CCCCC3)C(C)C(=O)OC(C)(C)C)c[nH]c2c1. The number of ether oxygens (including phenoxy) is 2. The van der Waals surface area contributed by atoms with Crippen LogP contribution < -0.4 is 4.74 Å². The summed E-state index contributed by atoms with van der Waals surface area (Å²) in [6, 6.07) is 4.44. The number of carbonyl (C=O) groups excluding carboxylic acids is 3. The molecule has 1 unspecified atom stereocenters. The second-order valence-corrected chi connectivity index (χ2v) is 9.61. The van der Waals surface area contributed by atoms with E-state index in [0.717, 1.165) is 25.7 Å². The van der Waals surface area contributed by atoms with E-state index in [0.29, 0.717) is 23.2 Å². The first kappa shape index (κ1) is 23.8. The number of rotatable bonds is 7. The highest BCUT2D eigenvalue weighted by Crippen LogP contribution is 2.27. The third-order valence-corrected chi connectivity index (χ3v) is 5.98. The maximum atomic E-state index is 13.4. The number of ketones is 1. The Kier molecular flexibility index (Phi) is 7.26. The Morgan fingerprint density at radius 1 is 1.16 bits per heavy atom. The standard InChI is InChI=1S/C25H34N2O5/c1-16(24(30)32-25(2,3)4)27(15-17-9-7-6-8-10-17)23(29)22(28)20-14-26-21-13-18(31-5)11-12-19(20)21/h11-14,16-17,26H,6-10,15H2,1-5H3. The Morgan fingerprint density at radius 2 is 1.84 bits per heavy atom. The van der Waals surface area contributed by atoms with Gasteiger partial charge in [0.05, 0.1) is 12.7 Å². The first-order valence-electron chi connectivity index (χ1n) is 11.3. The summed E-state index contributed by atoms with van der Waals surface area (Å²) in [5, 5.41) is 0.645. The molecule has 1 heterocycles.